The third-order valence-corrected chi connectivity index (χ3v) is 5.04. The molecule has 2 rings (SSSR count). The lowest BCUT2D eigenvalue weighted by Crippen LogP contribution is -2.33. The first-order valence-corrected chi connectivity index (χ1v) is 8.12. The van der Waals surface area contributed by atoms with Gasteiger partial charge < -0.3 is 10.2 Å². The number of nitrogens with zero attached hydrogens (tertiary/aromatic N) is 1. The van der Waals surface area contributed by atoms with Crippen LogP contribution in [-0.2, 0) is 0 Å². The summed E-state index contributed by atoms with van der Waals surface area (Å²) in [6, 6.07) is 7.83. The minimum atomic E-state index is 0.394. The van der Waals surface area contributed by atoms with Crippen LogP contribution in [-0.4, -0.2) is 20.1 Å². The van der Waals surface area contributed by atoms with Crippen molar-refractivity contribution in [2.24, 2.45) is 0 Å². The summed E-state index contributed by atoms with van der Waals surface area (Å²) in [5.74, 6) is 0. The van der Waals surface area contributed by atoms with Crippen molar-refractivity contribution in [3.8, 4) is 0 Å². The highest BCUT2D eigenvalue weighted by Gasteiger charge is 2.20. The summed E-state index contributed by atoms with van der Waals surface area (Å²) in [7, 11) is 4.23. The Balaban J connectivity index is 2.15. The zero-order chi connectivity index (χ0) is 13.8. The van der Waals surface area contributed by atoms with E-state index in [-0.39, 0.29) is 0 Å². The maximum atomic E-state index is 3.74. The zero-order valence-corrected chi connectivity index (χ0v) is 13.8. The molecule has 1 aliphatic carbocycles. The maximum Gasteiger partial charge on any atom is 0.0510 e. The third-order valence-electron chi connectivity index (χ3n) is 4.41. The fourth-order valence-corrected chi connectivity index (χ4v) is 3.59. The first kappa shape index (κ1) is 14.9. The molecule has 1 aliphatic rings. The molecule has 0 bridgehead atoms. The molecule has 0 spiro atoms. The van der Waals surface area contributed by atoms with Gasteiger partial charge in [0.1, 0.15) is 0 Å². The first-order valence-electron chi connectivity index (χ1n) is 7.33. The van der Waals surface area contributed by atoms with E-state index in [0.29, 0.717) is 12.1 Å². The molecular formula is C16H25BrN2. The third kappa shape index (κ3) is 3.51. The summed E-state index contributed by atoms with van der Waals surface area (Å²) in [5, 5.41) is 3.29. The van der Waals surface area contributed by atoms with Crippen LogP contribution in [0.1, 0.15) is 50.6 Å². The number of hydrogen-bond donors (Lipinski definition) is 1. The molecule has 2 nitrogen and oxygen atoms in total. The molecule has 0 amide bonds. The van der Waals surface area contributed by atoms with Crippen molar-refractivity contribution in [2.75, 3.05) is 19.0 Å². The summed E-state index contributed by atoms with van der Waals surface area (Å²) in [4.78, 5) is 2.46. The van der Waals surface area contributed by atoms with Gasteiger partial charge in [0.25, 0.3) is 0 Å². The number of hydrogen-bond acceptors (Lipinski definition) is 2. The Morgan fingerprint density at radius 2 is 1.95 bits per heavy atom. The Morgan fingerprint density at radius 3 is 2.53 bits per heavy atom. The van der Waals surface area contributed by atoms with Crippen molar-refractivity contribution in [3.05, 3.63) is 28.2 Å². The smallest absolute Gasteiger partial charge is 0.0510 e. The van der Waals surface area contributed by atoms with E-state index >= 15 is 0 Å². The van der Waals surface area contributed by atoms with Gasteiger partial charge in [0.2, 0.25) is 0 Å². The molecule has 1 atom stereocenters. The van der Waals surface area contributed by atoms with Crippen molar-refractivity contribution in [1.29, 1.82) is 0 Å². The van der Waals surface area contributed by atoms with E-state index in [1.807, 2.05) is 7.05 Å². The second kappa shape index (κ2) is 6.76. The topological polar surface area (TPSA) is 15.3 Å². The van der Waals surface area contributed by atoms with Crippen molar-refractivity contribution >= 4 is 21.6 Å². The van der Waals surface area contributed by atoms with E-state index in [0.717, 1.165) is 0 Å². The summed E-state index contributed by atoms with van der Waals surface area (Å²) >= 11 is 3.74. The molecule has 1 fully saturated rings. The average molecular weight is 325 g/mol. The van der Waals surface area contributed by atoms with E-state index in [2.05, 4.69) is 58.3 Å². The number of nitrogens with one attached hydrogen (secondary N) is 1. The Morgan fingerprint density at radius 1 is 1.26 bits per heavy atom. The molecule has 0 aromatic heterocycles. The highest BCUT2D eigenvalue weighted by molar-refractivity contribution is 9.10. The van der Waals surface area contributed by atoms with Crippen molar-refractivity contribution < 1.29 is 0 Å². The minimum absolute atomic E-state index is 0.394. The second-order valence-electron chi connectivity index (χ2n) is 5.62. The number of benzene rings is 1. The molecule has 0 aliphatic heterocycles. The number of rotatable bonds is 4. The Hall–Kier alpha value is -0.540. The molecule has 0 saturated heterocycles. The first-order chi connectivity index (χ1) is 9.13. The number of halogens is 1. The quantitative estimate of drug-likeness (QED) is 0.877. The second-order valence-corrected chi connectivity index (χ2v) is 6.48. The zero-order valence-electron chi connectivity index (χ0n) is 12.2. The van der Waals surface area contributed by atoms with E-state index in [4.69, 9.17) is 0 Å². The number of anilines is 1. The SMILES string of the molecule is CNC(C)c1ccc(N(C)C2CCCCC2)c(Br)c1. The van der Waals surface area contributed by atoms with E-state index < -0.39 is 0 Å². The van der Waals surface area contributed by atoms with Gasteiger partial charge in [-0.3, -0.25) is 0 Å². The molecule has 1 unspecified atom stereocenters. The van der Waals surface area contributed by atoms with E-state index in [1.54, 1.807) is 0 Å². The van der Waals surface area contributed by atoms with Crippen LogP contribution in [0.15, 0.2) is 22.7 Å². The Bertz CT molecular complexity index is 413. The monoisotopic (exact) mass is 324 g/mol. The molecule has 0 heterocycles. The van der Waals surface area contributed by atoms with E-state index in [1.165, 1.54) is 47.8 Å². The molecule has 19 heavy (non-hydrogen) atoms. The van der Waals surface area contributed by atoms with Crippen LogP contribution in [0.5, 0.6) is 0 Å². The maximum absolute atomic E-state index is 3.74. The lowest BCUT2D eigenvalue weighted by molar-refractivity contribution is 0.427. The van der Waals surface area contributed by atoms with Gasteiger partial charge in [-0.2, -0.15) is 0 Å². The normalized spacial score (nSPS) is 18.3. The summed E-state index contributed by atoms with van der Waals surface area (Å²) < 4.78 is 1.21. The van der Waals surface area contributed by atoms with Crippen LogP contribution in [0.4, 0.5) is 5.69 Å². The molecule has 0 radical (unpaired) electrons. The molecule has 1 aromatic rings. The van der Waals surface area contributed by atoms with Crippen LogP contribution in [0.3, 0.4) is 0 Å². The van der Waals surface area contributed by atoms with Gasteiger partial charge in [-0.25, -0.2) is 0 Å². The van der Waals surface area contributed by atoms with Gasteiger partial charge in [-0.1, -0.05) is 25.3 Å². The van der Waals surface area contributed by atoms with E-state index in [9.17, 15) is 0 Å². The summed E-state index contributed by atoms with van der Waals surface area (Å²) in [5.41, 5.74) is 2.65. The summed E-state index contributed by atoms with van der Waals surface area (Å²) in [6.45, 7) is 2.19. The largest absolute Gasteiger partial charge is 0.371 e. The van der Waals surface area contributed by atoms with Crippen molar-refractivity contribution in [2.45, 2.75) is 51.1 Å². The predicted molar refractivity (Wildman–Crippen MR) is 86.9 cm³/mol. The van der Waals surface area contributed by atoms with Crippen molar-refractivity contribution in [1.82, 2.24) is 5.32 Å². The molecule has 1 N–H and O–H groups in total. The standard InChI is InChI=1S/C16H25BrN2/c1-12(18-2)13-9-10-16(15(17)11-13)19(3)14-7-5-4-6-8-14/h9-12,14,18H,4-8H2,1-3H3. The fourth-order valence-electron chi connectivity index (χ4n) is 2.91. The van der Waals surface area contributed by atoms with Crippen molar-refractivity contribution in [3.63, 3.8) is 0 Å². The highest BCUT2D eigenvalue weighted by atomic mass is 79.9. The van der Waals surface area contributed by atoms with Crippen LogP contribution in [0, 0.1) is 0 Å². The van der Waals surface area contributed by atoms with Gasteiger partial charge >= 0.3 is 0 Å². The molecule has 1 aromatic carbocycles. The lowest BCUT2D eigenvalue weighted by Gasteiger charge is -2.33. The minimum Gasteiger partial charge on any atom is -0.371 e. The summed E-state index contributed by atoms with van der Waals surface area (Å²) in [6.07, 6.45) is 6.82. The molecule has 3 heteroatoms. The molecule has 106 valence electrons. The van der Waals surface area contributed by atoms with Gasteiger partial charge in [0.15, 0.2) is 0 Å². The Labute approximate surface area is 125 Å². The van der Waals surface area contributed by atoms with Gasteiger partial charge in [-0.05, 0) is 60.4 Å². The predicted octanol–water partition coefficient (Wildman–Crippen LogP) is 4.50. The van der Waals surface area contributed by atoms with Crippen LogP contribution >= 0.6 is 15.9 Å². The fraction of sp³-hybridized carbons (Fsp3) is 0.625. The lowest BCUT2D eigenvalue weighted by atomic mass is 9.94. The highest BCUT2D eigenvalue weighted by Crippen LogP contribution is 2.33. The van der Waals surface area contributed by atoms with Crippen LogP contribution in [0.2, 0.25) is 0 Å². The van der Waals surface area contributed by atoms with Gasteiger partial charge in [-0.15, -0.1) is 0 Å². The van der Waals surface area contributed by atoms with Crippen LogP contribution < -0.4 is 10.2 Å². The van der Waals surface area contributed by atoms with Gasteiger partial charge in [0, 0.05) is 23.6 Å². The van der Waals surface area contributed by atoms with Crippen LogP contribution in [0.25, 0.3) is 0 Å². The average Bonchev–Trinajstić information content (AvgIpc) is 2.46. The molecule has 1 saturated carbocycles. The Kier molecular flexibility index (Phi) is 5.28. The van der Waals surface area contributed by atoms with Gasteiger partial charge in [0.05, 0.1) is 5.69 Å². The molecular weight excluding hydrogens is 300 g/mol.